The van der Waals surface area contributed by atoms with Crippen LogP contribution in [0.15, 0.2) is 11.8 Å². The van der Waals surface area contributed by atoms with E-state index < -0.39 is 5.60 Å². The number of allylic oxidation sites excluding steroid dienone is 1. The number of ether oxygens (including phenoxy) is 2. The van der Waals surface area contributed by atoms with E-state index in [1.807, 2.05) is 31.9 Å². The van der Waals surface area contributed by atoms with Gasteiger partial charge in [-0.2, -0.15) is 0 Å². The molecule has 0 radical (unpaired) electrons. The zero-order valence-electron chi connectivity index (χ0n) is 12.5. The van der Waals surface area contributed by atoms with Crippen LogP contribution in [0.2, 0.25) is 0 Å². The summed E-state index contributed by atoms with van der Waals surface area (Å²) in [7, 11) is 1.70. The molecule has 1 saturated carbocycles. The molecular weight excluding hydrogens is 242 g/mol. The second kappa shape index (κ2) is 5.06. The molecule has 0 N–H and O–H groups in total. The van der Waals surface area contributed by atoms with Gasteiger partial charge in [-0.15, -0.1) is 0 Å². The van der Waals surface area contributed by atoms with Crippen molar-refractivity contribution in [2.45, 2.75) is 52.1 Å². The third kappa shape index (κ3) is 3.43. The Morgan fingerprint density at radius 3 is 2.32 bits per heavy atom. The fourth-order valence-electron chi connectivity index (χ4n) is 2.92. The van der Waals surface area contributed by atoms with Crippen molar-refractivity contribution in [3.63, 3.8) is 0 Å². The van der Waals surface area contributed by atoms with E-state index in [2.05, 4.69) is 0 Å². The second-order valence-electron chi connectivity index (χ2n) is 6.85. The summed E-state index contributed by atoms with van der Waals surface area (Å²) in [6.45, 7) is 7.42. The molecule has 0 aromatic rings. The van der Waals surface area contributed by atoms with E-state index in [0.29, 0.717) is 5.41 Å². The van der Waals surface area contributed by atoms with Crippen LogP contribution < -0.4 is 0 Å². The van der Waals surface area contributed by atoms with E-state index in [4.69, 9.17) is 9.47 Å². The maximum atomic E-state index is 11.9. The molecule has 0 atom stereocenters. The molecule has 2 fully saturated rings. The topological polar surface area (TPSA) is 38.8 Å². The monoisotopic (exact) mass is 267 g/mol. The molecule has 1 spiro atoms. The smallest absolute Gasteiger partial charge is 0.410 e. The Bertz CT molecular complexity index is 363. The highest BCUT2D eigenvalue weighted by molar-refractivity contribution is 5.69. The normalized spacial score (nSPS) is 21.9. The van der Waals surface area contributed by atoms with Crippen LogP contribution >= 0.6 is 0 Å². The maximum Gasteiger partial charge on any atom is 0.410 e. The number of nitrogens with zero attached hydrogens (tertiary/aromatic N) is 1. The molecule has 1 heterocycles. The predicted molar refractivity (Wildman–Crippen MR) is 73.8 cm³/mol. The van der Waals surface area contributed by atoms with Crippen molar-refractivity contribution in [1.82, 2.24) is 4.90 Å². The van der Waals surface area contributed by atoms with Crippen LogP contribution in [0, 0.1) is 5.41 Å². The fraction of sp³-hybridized carbons (Fsp3) is 0.800. The second-order valence-corrected chi connectivity index (χ2v) is 6.85. The van der Waals surface area contributed by atoms with Crippen molar-refractivity contribution in [3.8, 4) is 0 Å². The van der Waals surface area contributed by atoms with Gasteiger partial charge in [0.05, 0.1) is 13.4 Å². The van der Waals surface area contributed by atoms with Crippen molar-refractivity contribution >= 4 is 6.09 Å². The number of methoxy groups -OCH3 is 1. The molecule has 0 aromatic carbocycles. The summed E-state index contributed by atoms with van der Waals surface area (Å²) in [5.74, 6) is 0. The first-order valence-electron chi connectivity index (χ1n) is 7.02. The van der Waals surface area contributed by atoms with E-state index in [9.17, 15) is 4.79 Å². The molecule has 0 bridgehead atoms. The fourth-order valence-corrected chi connectivity index (χ4v) is 2.92. The van der Waals surface area contributed by atoms with Crippen LogP contribution in [0.4, 0.5) is 4.79 Å². The lowest BCUT2D eigenvalue weighted by Gasteiger charge is -2.52. The van der Waals surface area contributed by atoms with Gasteiger partial charge in [-0.05, 0) is 52.0 Å². The van der Waals surface area contributed by atoms with Gasteiger partial charge in [0.2, 0.25) is 0 Å². The molecule has 1 amide bonds. The number of carbonyl (C=O) groups is 1. The number of likely N-dealkylation sites (tertiary alicyclic amines) is 1. The van der Waals surface area contributed by atoms with Gasteiger partial charge >= 0.3 is 6.09 Å². The Kier molecular flexibility index (Phi) is 3.79. The molecule has 1 aliphatic carbocycles. The average molecular weight is 267 g/mol. The highest BCUT2D eigenvalue weighted by atomic mass is 16.6. The zero-order valence-corrected chi connectivity index (χ0v) is 12.5. The summed E-state index contributed by atoms with van der Waals surface area (Å²) < 4.78 is 10.5. The molecular formula is C15H25NO3. The molecule has 2 aliphatic rings. The number of carbonyl (C=O) groups excluding carboxylic acids is 1. The standard InChI is InChI=1S/C15H25NO3/c1-14(2,3)19-13(17)16-10-15(11-16)7-5-12(6-8-15)9-18-4/h9H,5-8,10-11H2,1-4H3. The molecule has 1 aliphatic heterocycles. The summed E-state index contributed by atoms with van der Waals surface area (Å²) in [6, 6.07) is 0. The van der Waals surface area contributed by atoms with Gasteiger partial charge in [-0.1, -0.05) is 0 Å². The molecule has 4 nitrogen and oxygen atoms in total. The summed E-state index contributed by atoms with van der Waals surface area (Å²) in [5.41, 5.74) is 1.33. The van der Waals surface area contributed by atoms with Crippen molar-refractivity contribution in [2.75, 3.05) is 20.2 Å². The van der Waals surface area contributed by atoms with Gasteiger partial charge in [-0.25, -0.2) is 4.79 Å². The van der Waals surface area contributed by atoms with Gasteiger partial charge in [0.1, 0.15) is 5.60 Å². The van der Waals surface area contributed by atoms with E-state index in [-0.39, 0.29) is 6.09 Å². The number of rotatable bonds is 1. The summed E-state index contributed by atoms with van der Waals surface area (Å²) in [4.78, 5) is 13.7. The minimum atomic E-state index is -0.402. The number of hydrogen-bond acceptors (Lipinski definition) is 3. The quantitative estimate of drug-likeness (QED) is 0.684. The van der Waals surface area contributed by atoms with Gasteiger partial charge in [0.15, 0.2) is 0 Å². The van der Waals surface area contributed by atoms with Gasteiger partial charge in [-0.3, -0.25) is 0 Å². The van der Waals surface area contributed by atoms with Crippen LogP contribution in [-0.2, 0) is 9.47 Å². The summed E-state index contributed by atoms with van der Waals surface area (Å²) in [6.07, 6.45) is 6.20. The van der Waals surface area contributed by atoms with Crippen molar-refractivity contribution in [1.29, 1.82) is 0 Å². The maximum absolute atomic E-state index is 11.9. The number of amides is 1. The Morgan fingerprint density at radius 2 is 1.84 bits per heavy atom. The lowest BCUT2D eigenvalue weighted by atomic mass is 9.68. The molecule has 1 saturated heterocycles. The highest BCUT2D eigenvalue weighted by Gasteiger charge is 2.47. The van der Waals surface area contributed by atoms with Crippen molar-refractivity contribution in [3.05, 3.63) is 11.8 Å². The highest BCUT2D eigenvalue weighted by Crippen LogP contribution is 2.45. The average Bonchev–Trinajstić information content (AvgIpc) is 2.25. The molecule has 2 rings (SSSR count). The van der Waals surface area contributed by atoms with Crippen LogP contribution in [0.5, 0.6) is 0 Å². The first kappa shape index (κ1) is 14.2. The van der Waals surface area contributed by atoms with Crippen LogP contribution in [-0.4, -0.2) is 36.8 Å². The zero-order chi connectivity index (χ0) is 14.1. The van der Waals surface area contributed by atoms with E-state index in [1.165, 1.54) is 5.57 Å². The van der Waals surface area contributed by atoms with Crippen molar-refractivity contribution < 1.29 is 14.3 Å². The summed E-state index contributed by atoms with van der Waals surface area (Å²) >= 11 is 0. The SMILES string of the molecule is COC=C1CCC2(CC1)CN(C(=O)OC(C)(C)C)C2. The Labute approximate surface area is 115 Å². The molecule has 0 unspecified atom stereocenters. The minimum Gasteiger partial charge on any atom is -0.504 e. The first-order valence-corrected chi connectivity index (χ1v) is 7.02. The molecule has 0 aromatic heterocycles. The lowest BCUT2D eigenvalue weighted by Crippen LogP contribution is -2.59. The summed E-state index contributed by atoms with van der Waals surface area (Å²) in [5, 5.41) is 0. The van der Waals surface area contributed by atoms with Gasteiger partial charge in [0, 0.05) is 18.5 Å². The van der Waals surface area contributed by atoms with E-state index in [0.717, 1.165) is 38.8 Å². The van der Waals surface area contributed by atoms with Gasteiger partial charge in [0.25, 0.3) is 0 Å². The van der Waals surface area contributed by atoms with E-state index >= 15 is 0 Å². The number of hydrogen-bond donors (Lipinski definition) is 0. The lowest BCUT2D eigenvalue weighted by molar-refractivity contribution is -0.0447. The Morgan fingerprint density at radius 1 is 1.26 bits per heavy atom. The van der Waals surface area contributed by atoms with Gasteiger partial charge < -0.3 is 14.4 Å². The largest absolute Gasteiger partial charge is 0.504 e. The third-order valence-electron chi connectivity index (χ3n) is 3.94. The van der Waals surface area contributed by atoms with E-state index in [1.54, 1.807) is 7.11 Å². The minimum absolute atomic E-state index is 0.170. The Balaban J connectivity index is 1.80. The third-order valence-corrected chi connectivity index (χ3v) is 3.94. The van der Waals surface area contributed by atoms with Crippen molar-refractivity contribution in [2.24, 2.45) is 5.41 Å². The predicted octanol–water partition coefficient (Wildman–Crippen LogP) is 3.33. The van der Waals surface area contributed by atoms with Crippen LogP contribution in [0.1, 0.15) is 46.5 Å². The molecule has 19 heavy (non-hydrogen) atoms. The first-order chi connectivity index (χ1) is 8.84. The van der Waals surface area contributed by atoms with Crippen LogP contribution in [0.3, 0.4) is 0 Å². The molecule has 4 heteroatoms. The molecule has 108 valence electrons. The Hall–Kier alpha value is -1.19. The van der Waals surface area contributed by atoms with Crippen LogP contribution in [0.25, 0.3) is 0 Å².